The molecule has 232 valence electrons. The highest BCUT2D eigenvalue weighted by Crippen LogP contribution is 2.37. The number of carbonyl (C=O) groups excluding carboxylic acids is 2. The Morgan fingerprint density at radius 1 is 0.977 bits per heavy atom. The molecule has 14 heteroatoms. The average molecular weight is 621 g/mol. The number of aromatic nitrogens is 1. The fourth-order valence-electron chi connectivity index (χ4n) is 4.90. The smallest absolute Gasteiger partial charge is 0.361 e. The Labute approximate surface area is 246 Å². The summed E-state index contributed by atoms with van der Waals surface area (Å²) in [6.45, 7) is 1.46. The maximum atomic E-state index is 13.5. The minimum atomic E-state index is -5.14. The van der Waals surface area contributed by atoms with Gasteiger partial charge in [-0.2, -0.15) is 26.3 Å². The molecule has 0 saturated carbocycles. The number of rotatable bonds is 9. The molecule has 1 unspecified atom stereocenters. The third-order valence-corrected chi connectivity index (χ3v) is 7.31. The number of nitro benzene ring substituents is 1. The van der Waals surface area contributed by atoms with Crippen LogP contribution in [0.3, 0.4) is 0 Å². The van der Waals surface area contributed by atoms with E-state index in [9.17, 15) is 46.0 Å². The molecule has 0 spiro atoms. The fraction of sp³-hybridized carbons (Fsp3) is 0.267. The SMILES string of the molecule is Cc1c(NC(=O)CCC(Cc2c[nH]c3ccccc23)N(C)C(=O)c2cc(C(F)(F)F)cc(C(F)(F)F)c2)cccc1[N+](=O)[O-]. The molecule has 1 aromatic heterocycles. The number of nitrogens with one attached hydrogen (secondary N) is 2. The zero-order valence-corrected chi connectivity index (χ0v) is 23.3. The molecule has 1 heterocycles. The monoisotopic (exact) mass is 620 g/mol. The van der Waals surface area contributed by atoms with Crippen molar-refractivity contribution in [2.45, 2.75) is 44.6 Å². The van der Waals surface area contributed by atoms with Gasteiger partial charge in [-0.05, 0) is 55.7 Å². The van der Waals surface area contributed by atoms with Crippen molar-refractivity contribution in [1.82, 2.24) is 9.88 Å². The van der Waals surface area contributed by atoms with Crippen LogP contribution in [0.25, 0.3) is 10.9 Å². The number of amides is 2. The van der Waals surface area contributed by atoms with Crippen LogP contribution in [0.4, 0.5) is 37.7 Å². The summed E-state index contributed by atoms with van der Waals surface area (Å²) in [5.74, 6) is -1.65. The second-order valence-electron chi connectivity index (χ2n) is 10.2. The zero-order chi connectivity index (χ0) is 32.4. The van der Waals surface area contributed by atoms with Gasteiger partial charge in [0.15, 0.2) is 0 Å². The molecule has 8 nitrogen and oxygen atoms in total. The molecular weight excluding hydrogens is 594 g/mol. The zero-order valence-electron chi connectivity index (χ0n) is 23.3. The van der Waals surface area contributed by atoms with E-state index in [1.54, 1.807) is 30.5 Å². The number of anilines is 1. The second-order valence-corrected chi connectivity index (χ2v) is 10.2. The number of carbonyl (C=O) groups is 2. The van der Waals surface area contributed by atoms with Crippen molar-refractivity contribution in [3.8, 4) is 0 Å². The first-order valence-electron chi connectivity index (χ1n) is 13.2. The molecular formula is C30H26F6N4O4. The Morgan fingerprint density at radius 2 is 1.61 bits per heavy atom. The fourth-order valence-corrected chi connectivity index (χ4v) is 4.90. The van der Waals surface area contributed by atoms with E-state index in [0.717, 1.165) is 15.8 Å². The van der Waals surface area contributed by atoms with Crippen molar-refractivity contribution in [2.75, 3.05) is 12.4 Å². The number of hydrogen-bond acceptors (Lipinski definition) is 4. The van der Waals surface area contributed by atoms with E-state index in [4.69, 9.17) is 0 Å². The third kappa shape index (κ3) is 7.18. The van der Waals surface area contributed by atoms with Crippen LogP contribution in [0.5, 0.6) is 0 Å². The number of nitro groups is 1. The maximum Gasteiger partial charge on any atom is 0.416 e. The third-order valence-electron chi connectivity index (χ3n) is 7.31. The van der Waals surface area contributed by atoms with Crippen LogP contribution in [0, 0.1) is 17.0 Å². The van der Waals surface area contributed by atoms with E-state index < -0.39 is 51.8 Å². The number of para-hydroxylation sites is 1. The predicted molar refractivity (Wildman–Crippen MR) is 150 cm³/mol. The predicted octanol–water partition coefficient (Wildman–Crippen LogP) is 7.52. The number of halogens is 6. The quantitative estimate of drug-likeness (QED) is 0.115. The Balaban J connectivity index is 1.64. The molecule has 0 aliphatic carbocycles. The first kappa shape index (κ1) is 32.0. The van der Waals surface area contributed by atoms with Crippen LogP contribution in [0.1, 0.15) is 45.5 Å². The molecule has 2 amide bonds. The van der Waals surface area contributed by atoms with Gasteiger partial charge in [0.2, 0.25) is 5.91 Å². The van der Waals surface area contributed by atoms with E-state index in [1.807, 2.05) is 0 Å². The molecule has 4 aromatic rings. The second kappa shape index (κ2) is 12.4. The van der Waals surface area contributed by atoms with Crippen LogP contribution in [-0.4, -0.2) is 39.7 Å². The van der Waals surface area contributed by atoms with Gasteiger partial charge in [-0.25, -0.2) is 0 Å². The minimum absolute atomic E-state index is 0.0351. The summed E-state index contributed by atoms with van der Waals surface area (Å²) < 4.78 is 80.8. The van der Waals surface area contributed by atoms with Crippen molar-refractivity contribution in [1.29, 1.82) is 0 Å². The molecule has 0 radical (unpaired) electrons. The standard InChI is InChI=1S/C30H26F6N4O4/c1-17-24(8-5-9-26(17)40(43)44)38-27(41)11-10-22(14-19-16-37-25-7-4-3-6-23(19)25)39(2)28(42)18-12-20(29(31,32)33)15-21(13-18)30(34,35)36/h3-9,12-13,15-16,22,37H,10-11,14H2,1-2H3,(H,38,41). The molecule has 1 atom stereocenters. The molecule has 0 bridgehead atoms. The number of H-pyrrole nitrogens is 1. The maximum absolute atomic E-state index is 13.5. The summed E-state index contributed by atoms with van der Waals surface area (Å²) in [4.78, 5) is 41.1. The topological polar surface area (TPSA) is 108 Å². The van der Waals surface area contributed by atoms with Gasteiger partial charge in [0, 0.05) is 48.2 Å². The number of aromatic amines is 1. The lowest BCUT2D eigenvalue weighted by molar-refractivity contribution is -0.385. The summed E-state index contributed by atoms with van der Waals surface area (Å²) in [6.07, 6.45) is -8.74. The highest BCUT2D eigenvalue weighted by atomic mass is 19.4. The Kier molecular flexibility index (Phi) is 9.02. The number of nitrogens with zero attached hydrogens (tertiary/aromatic N) is 2. The summed E-state index contributed by atoms with van der Waals surface area (Å²) in [5.41, 5.74) is -2.36. The van der Waals surface area contributed by atoms with Crippen molar-refractivity contribution >= 4 is 34.1 Å². The normalized spacial score (nSPS) is 12.6. The van der Waals surface area contributed by atoms with E-state index >= 15 is 0 Å². The van der Waals surface area contributed by atoms with E-state index in [0.29, 0.717) is 17.7 Å². The number of benzene rings is 3. The van der Waals surface area contributed by atoms with E-state index in [1.165, 1.54) is 32.2 Å². The highest BCUT2D eigenvalue weighted by molar-refractivity contribution is 5.95. The van der Waals surface area contributed by atoms with E-state index in [2.05, 4.69) is 10.3 Å². The number of hydrogen-bond donors (Lipinski definition) is 2. The minimum Gasteiger partial charge on any atom is -0.361 e. The molecule has 2 N–H and O–H groups in total. The molecule has 44 heavy (non-hydrogen) atoms. The lowest BCUT2D eigenvalue weighted by Crippen LogP contribution is -2.39. The van der Waals surface area contributed by atoms with Gasteiger partial charge in [-0.1, -0.05) is 24.3 Å². The summed E-state index contributed by atoms with van der Waals surface area (Å²) in [6, 6.07) is 11.2. The Bertz CT molecular complexity index is 1680. The molecule has 3 aromatic carbocycles. The molecule has 4 rings (SSSR count). The van der Waals surface area contributed by atoms with Gasteiger partial charge >= 0.3 is 12.4 Å². The van der Waals surface area contributed by atoms with Gasteiger partial charge < -0.3 is 15.2 Å². The summed E-state index contributed by atoms with van der Waals surface area (Å²) >= 11 is 0. The van der Waals surface area contributed by atoms with Gasteiger partial charge in [0.05, 0.1) is 27.3 Å². The van der Waals surface area contributed by atoms with Crippen molar-refractivity contribution in [3.63, 3.8) is 0 Å². The number of fused-ring (bicyclic) bond motifs is 1. The first-order valence-corrected chi connectivity index (χ1v) is 13.2. The van der Waals surface area contributed by atoms with Crippen molar-refractivity contribution in [2.24, 2.45) is 0 Å². The Morgan fingerprint density at radius 3 is 2.23 bits per heavy atom. The average Bonchev–Trinajstić information content (AvgIpc) is 3.37. The lowest BCUT2D eigenvalue weighted by atomic mass is 9.98. The summed E-state index contributed by atoms with van der Waals surface area (Å²) in [5, 5.41) is 14.6. The van der Waals surface area contributed by atoms with Gasteiger partial charge in [-0.15, -0.1) is 0 Å². The van der Waals surface area contributed by atoms with Crippen LogP contribution >= 0.6 is 0 Å². The van der Waals surface area contributed by atoms with Gasteiger partial charge in [0.25, 0.3) is 11.6 Å². The largest absolute Gasteiger partial charge is 0.416 e. The highest BCUT2D eigenvalue weighted by Gasteiger charge is 2.38. The van der Waals surface area contributed by atoms with Gasteiger partial charge in [0.1, 0.15) is 0 Å². The van der Waals surface area contributed by atoms with Crippen LogP contribution in [0.2, 0.25) is 0 Å². The molecule has 0 aliphatic heterocycles. The van der Waals surface area contributed by atoms with Crippen LogP contribution in [-0.2, 0) is 23.6 Å². The number of alkyl halides is 6. The van der Waals surface area contributed by atoms with Crippen LogP contribution < -0.4 is 5.32 Å². The van der Waals surface area contributed by atoms with Crippen LogP contribution in [0.15, 0.2) is 66.9 Å². The lowest BCUT2D eigenvalue weighted by Gasteiger charge is -2.29. The number of likely N-dealkylation sites (N-methyl/N-ethyl adjacent to an activating group) is 1. The molecule has 0 aliphatic rings. The van der Waals surface area contributed by atoms with Crippen molar-refractivity contribution in [3.05, 3.63) is 105 Å². The first-order chi connectivity index (χ1) is 20.6. The Hall–Kier alpha value is -4.88. The summed E-state index contributed by atoms with van der Waals surface area (Å²) in [7, 11) is 1.25. The van der Waals surface area contributed by atoms with Crippen molar-refractivity contribution < 1.29 is 40.9 Å². The molecule has 0 saturated heterocycles. The van der Waals surface area contributed by atoms with E-state index in [-0.39, 0.29) is 42.3 Å². The molecule has 0 fully saturated rings. The van der Waals surface area contributed by atoms with Gasteiger partial charge in [-0.3, -0.25) is 19.7 Å².